The van der Waals surface area contributed by atoms with Crippen molar-refractivity contribution in [3.63, 3.8) is 0 Å². The normalized spacial score (nSPS) is 13.3. The van der Waals surface area contributed by atoms with Crippen LogP contribution in [0.4, 0.5) is 0 Å². The highest BCUT2D eigenvalue weighted by Gasteiger charge is 2.16. The molecule has 1 aromatic carbocycles. The summed E-state index contributed by atoms with van der Waals surface area (Å²) in [5, 5.41) is 4.62. The van der Waals surface area contributed by atoms with Crippen LogP contribution in [0.15, 0.2) is 18.2 Å². The van der Waals surface area contributed by atoms with Crippen LogP contribution in [0, 0.1) is 0 Å². The van der Waals surface area contributed by atoms with E-state index < -0.39 is 0 Å². The predicted octanol–water partition coefficient (Wildman–Crippen LogP) is 4.37. The number of hydrogen-bond acceptors (Lipinski definition) is 2. The summed E-state index contributed by atoms with van der Waals surface area (Å²) in [6.07, 6.45) is 1.02. The van der Waals surface area contributed by atoms with E-state index in [-0.39, 0.29) is 6.04 Å². The summed E-state index contributed by atoms with van der Waals surface area (Å²) in [5.74, 6) is 0. The number of nitrogens with one attached hydrogen (secondary N) is 1. The first-order chi connectivity index (χ1) is 9.01. The van der Waals surface area contributed by atoms with Crippen LogP contribution < -0.4 is 5.32 Å². The highest BCUT2D eigenvalue weighted by Crippen LogP contribution is 2.31. The van der Waals surface area contributed by atoms with Gasteiger partial charge in [-0.05, 0) is 45.5 Å². The molecule has 1 rings (SSSR count). The van der Waals surface area contributed by atoms with Gasteiger partial charge in [0.15, 0.2) is 0 Å². The maximum absolute atomic E-state index is 6.29. The predicted molar refractivity (Wildman–Crippen MR) is 85.3 cm³/mol. The van der Waals surface area contributed by atoms with Crippen molar-refractivity contribution in [2.45, 2.75) is 39.3 Å². The van der Waals surface area contributed by atoms with E-state index in [9.17, 15) is 0 Å². The lowest BCUT2D eigenvalue weighted by molar-refractivity contribution is 0.221. The number of rotatable bonds is 7. The van der Waals surface area contributed by atoms with Crippen LogP contribution >= 0.6 is 23.2 Å². The molecule has 19 heavy (non-hydrogen) atoms. The second-order valence-electron chi connectivity index (χ2n) is 5.00. The van der Waals surface area contributed by atoms with Crippen LogP contribution in [0.1, 0.15) is 38.8 Å². The zero-order chi connectivity index (χ0) is 14.4. The minimum absolute atomic E-state index is 0.235. The summed E-state index contributed by atoms with van der Waals surface area (Å²) in [6, 6.07) is 6.62. The maximum Gasteiger partial charge on any atom is 0.0640 e. The van der Waals surface area contributed by atoms with E-state index >= 15 is 0 Å². The summed E-state index contributed by atoms with van der Waals surface area (Å²) < 4.78 is 0. The smallest absolute Gasteiger partial charge is 0.0640 e. The van der Waals surface area contributed by atoms with E-state index in [0.29, 0.717) is 16.1 Å². The quantitative estimate of drug-likeness (QED) is 0.804. The van der Waals surface area contributed by atoms with E-state index in [0.717, 1.165) is 25.1 Å². The Morgan fingerprint density at radius 1 is 1.26 bits per heavy atom. The van der Waals surface area contributed by atoms with E-state index in [4.69, 9.17) is 23.2 Å². The largest absolute Gasteiger partial charge is 0.313 e. The lowest BCUT2D eigenvalue weighted by Gasteiger charge is -2.27. The van der Waals surface area contributed by atoms with Crippen molar-refractivity contribution in [3.8, 4) is 0 Å². The molecule has 1 N–H and O–H groups in total. The van der Waals surface area contributed by atoms with Crippen molar-refractivity contribution in [3.05, 3.63) is 33.8 Å². The molecule has 0 spiro atoms. The van der Waals surface area contributed by atoms with E-state index in [1.165, 1.54) is 0 Å². The van der Waals surface area contributed by atoms with Crippen molar-refractivity contribution in [1.82, 2.24) is 10.2 Å². The minimum atomic E-state index is 0.235. The molecule has 0 aliphatic carbocycles. The number of benzene rings is 1. The second kappa shape index (κ2) is 8.11. The lowest BCUT2D eigenvalue weighted by atomic mass is 10.0. The van der Waals surface area contributed by atoms with Gasteiger partial charge in [0.1, 0.15) is 0 Å². The Hall–Kier alpha value is -0.280. The molecule has 4 heteroatoms. The molecular formula is C15H24Cl2N2. The monoisotopic (exact) mass is 302 g/mol. The van der Waals surface area contributed by atoms with Crippen LogP contribution in [-0.2, 0) is 0 Å². The molecule has 0 aromatic heterocycles. The Morgan fingerprint density at radius 3 is 2.47 bits per heavy atom. The molecule has 2 nitrogen and oxygen atoms in total. The highest BCUT2D eigenvalue weighted by molar-refractivity contribution is 6.42. The van der Waals surface area contributed by atoms with Crippen molar-refractivity contribution in [2.24, 2.45) is 0 Å². The Bertz CT molecular complexity index is 394. The standard InChI is InChI=1S/C15H24Cl2N2/c1-5-19(11(2)3)10-9-14(18-4)12-7-6-8-13(16)15(12)17/h6-8,11,14,18H,5,9-10H2,1-4H3. The van der Waals surface area contributed by atoms with Gasteiger partial charge in [-0.15, -0.1) is 0 Å². The molecule has 0 heterocycles. The number of halogens is 2. The first-order valence-electron chi connectivity index (χ1n) is 6.86. The molecule has 0 bridgehead atoms. The second-order valence-corrected chi connectivity index (χ2v) is 5.78. The molecule has 0 saturated carbocycles. The molecular weight excluding hydrogens is 279 g/mol. The minimum Gasteiger partial charge on any atom is -0.313 e. The molecule has 0 aliphatic heterocycles. The third kappa shape index (κ3) is 4.64. The summed E-state index contributed by atoms with van der Waals surface area (Å²) in [5.41, 5.74) is 1.08. The maximum atomic E-state index is 6.29. The summed E-state index contributed by atoms with van der Waals surface area (Å²) in [4.78, 5) is 2.45. The zero-order valence-electron chi connectivity index (χ0n) is 12.2. The van der Waals surface area contributed by atoms with E-state index in [1.807, 2.05) is 25.2 Å². The first-order valence-corrected chi connectivity index (χ1v) is 7.62. The fourth-order valence-corrected chi connectivity index (χ4v) is 2.76. The molecule has 0 aliphatic rings. The summed E-state index contributed by atoms with van der Waals surface area (Å²) >= 11 is 12.4. The zero-order valence-corrected chi connectivity index (χ0v) is 13.7. The SMILES string of the molecule is CCN(CCC(NC)c1cccc(Cl)c1Cl)C(C)C. The van der Waals surface area contributed by atoms with Gasteiger partial charge in [-0.2, -0.15) is 0 Å². The third-order valence-corrected chi connectivity index (χ3v) is 4.38. The van der Waals surface area contributed by atoms with Gasteiger partial charge in [0.05, 0.1) is 10.0 Å². The summed E-state index contributed by atoms with van der Waals surface area (Å²) in [6.45, 7) is 8.76. The average Bonchev–Trinajstić information content (AvgIpc) is 2.38. The fraction of sp³-hybridized carbons (Fsp3) is 0.600. The lowest BCUT2D eigenvalue weighted by Crippen LogP contribution is -2.33. The van der Waals surface area contributed by atoms with E-state index in [1.54, 1.807) is 0 Å². The van der Waals surface area contributed by atoms with Gasteiger partial charge < -0.3 is 10.2 Å². The molecule has 0 saturated heterocycles. The van der Waals surface area contributed by atoms with Gasteiger partial charge in [0, 0.05) is 18.6 Å². The van der Waals surface area contributed by atoms with Gasteiger partial charge in [-0.1, -0.05) is 42.3 Å². The van der Waals surface area contributed by atoms with Gasteiger partial charge >= 0.3 is 0 Å². The number of nitrogens with zero attached hydrogens (tertiary/aromatic N) is 1. The Kier molecular flexibility index (Phi) is 7.16. The Labute approximate surface area is 127 Å². The Morgan fingerprint density at radius 2 is 1.95 bits per heavy atom. The van der Waals surface area contributed by atoms with Crippen molar-refractivity contribution in [2.75, 3.05) is 20.1 Å². The molecule has 1 aromatic rings. The fourth-order valence-electron chi connectivity index (χ4n) is 2.32. The van der Waals surface area contributed by atoms with Gasteiger partial charge in [0.25, 0.3) is 0 Å². The van der Waals surface area contributed by atoms with Gasteiger partial charge in [-0.25, -0.2) is 0 Å². The molecule has 0 amide bonds. The highest BCUT2D eigenvalue weighted by atomic mass is 35.5. The van der Waals surface area contributed by atoms with E-state index in [2.05, 4.69) is 31.0 Å². The van der Waals surface area contributed by atoms with Gasteiger partial charge in [0.2, 0.25) is 0 Å². The molecule has 0 radical (unpaired) electrons. The molecule has 1 atom stereocenters. The number of hydrogen-bond donors (Lipinski definition) is 1. The van der Waals surface area contributed by atoms with Crippen LogP contribution in [0.2, 0.25) is 10.0 Å². The van der Waals surface area contributed by atoms with Crippen LogP contribution in [-0.4, -0.2) is 31.1 Å². The third-order valence-electron chi connectivity index (χ3n) is 3.55. The molecule has 0 fully saturated rings. The summed E-state index contributed by atoms with van der Waals surface area (Å²) in [7, 11) is 1.97. The van der Waals surface area contributed by atoms with Gasteiger partial charge in [-0.3, -0.25) is 0 Å². The topological polar surface area (TPSA) is 15.3 Å². The average molecular weight is 303 g/mol. The van der Waals surface area contributed by atoms with Crippen molar-refractivity contribution in [1.29, 1.82) is 0 Å². The van der Waals surface area contributed by atoms with Crippen LogP contribution in [0.5, 0.6) is 0 Å². The van der Waals surface area contributed by atoms with Crippen LogP contribution in [0.3, 0.4) is 0 Å². The van der Waals surface area contributed by atoms with Crippen molar-refractivity contribution < 1.29 is 0 Å². The molecule has 108 valence electrons. The first kappa shape index (κ1) is 16.8. The Balaban J connectivity index is 2.76. The van der Waals surface area contributed by atoms with Crippen molar-refractivity contribution >= 4 is 23.2 Å². The molecule has 1 unspecified atom stereocenters. The van der Waals surface area contributed by atoms with Crippen LogP contribution in [0.25, 0.3) is 0 Å².